The maximum Gasteiger partial charge on any atom is 0.262 e. The fraction of sp³-hybridized carbons (Fsp3) is 0.667. The van der Waals surface area contributed by atoms with Crippen molar-refractivity contribution >= 4 is 37.8 Å². The maximum absolute atomic E-state index is 11.0. The molecule has 0 aliphatic heterocycles. The molecule has 0 bridgehead atoms. The van der Waals surface area contributed by atoms with Crippen LogP contribution in [0, 0.1) is 11.3 Å². The predicted octanol–water partition coefficient (Wildman–Crippen LogP) is 1.52. The highest BCUT2D eigenvalue weighted by Crippen LogP contribution is 2.24. The van der Waals surface area contributed by atoms with Crippen molar-refractivity contribution in [3.63, 3.8) is 0 Å². The molecule has 1 N–H and O–H groups in total. The first-order chi connectivity index (χ1) is 5.04. The summed E-state index contributed by atoms with van der Waals surface area (Å²) >= 11 is 5.84. The van der Waals surface area contributed by atoms with Crippen molar-refractivity contribution in [2.24, 2.45) is 0 Å². The molecule has 0 spiro atoms. The fourth-order valence-electron chi connectivity index (χ4n) is 0.400. The lowest BCUT2D eigenvalue weighted by molar-refractivity contribution is -0.120. The molecule has 0 aliphatic rings. The smallest absolute Gasteiger partial charge is 0.262 e. The molecule has 0 aromatic carbocycles. The maximum atomic E-state index is 11.0. The van der Waals surface area contributed by atoms with Gasteiger partial charge in [0.25, 0.3) is 5.91 Å². The second kappa shape index (κ2) is 4.73. The lowest BCUT2D eigenvalue weighted by atomic mass is 10.4. The second-order valence-electron chi connectivity index (χ2n) is 1.94. The molecule has 0 saturated carbocycles. The number of hydrogen-bond acceptors (Lipinski definition) is 2. The average Bonchev–Trinajstić information content (AvgIpc) is 2.00. The zero-order valence-corrected chi connectivity index (χ0v) is 9.20. The van der Waals surface area contributed by atoms with Crippen molar-refractivity contribution in [2.45, 2.75) is 16.6 Å². The van der Waals surface area contributed by atoms with Gasteiger partial charge in [0.15, 0.2) is 0 Å². The highest BCUT2D eigenvalue weighted by Gasteiger charge is 2.31. The summed E-state index contributed by atoms with van der Waals surface area (Å²) in [5, 5.41) is 11.0. The Kier molecular flexibility index (Phi) is 4.69. The van der Waals surface area contributed by atoms with Crippen LogP contribution in [0.5, 0.6) is 0 Å². The summed E-state index contributed by atoms with van der Waals surface area (Å²) in [7, 11) is 0. The lowest BCUT2D eigenvalue weighted by Gasteiger charge is -2.10. The Bertz CT molecular complexity index is 186. The number of carbonyl (C=O) groups excluding carboxylic acids is 1. The molecule has 1 amide bonds. The molecule has 5 heteroatoms. The largest absolute Gasteiger partial charge is 0.353 e. The molecule has 0 aromatic rings. The third-order valence-corrected chi connectivity index (χ3v) is 2.04. The van der Waals surface area contributed by atoms with E-state index < -0.39 is 3.23 Å². The van der Waals surface area contributed by atoms with Crippen molar-refractivity contribution in [1.82, 2.24) is 5.32 Å². The van der Waals surface area contributed by atoms with Gasteiger partial charge in [-0.25, -0.2) is 0 Å². The monoisotopic (exact) mass is 282 g/mol. The van der Waals surface area contributed by atoms with E-state index in [0.717, 1.165) is 6.42 Å². The number of carbonyl (C=O) groups is 1. The molecule has 3 nitrogen and oxygen atoms in total. The van der Waals surface area contributed by atoms with E-state index in [0.29, 0.717) is 6.54 Å². The third-order valence-electron chi connectivity index (χ3n) is 0.961. The average molecular weight is 284 g/mol. The highest BCUT2D eigenvalue weighted by molar-refractivity contribution is 9.26. The summed E-state index contributed by atoms with van der Waals surface area (Å²) in [6.07, 6.45) is 0.854. The van der Waals surface area contributed by atoms with Crippen LogP contribution in [0.2, 0.25) is 0 Å². The number of rotatable bonds is 3. The number of nitrogens with one attached hydrogen (secondary N) is 1. The van der Waals surface area contributed by atoms with Crippen molar-refractivity contribution in [2.75, 3.05) is 6.54 Å². The van der Waals surface area contributed by atoms with Gasteiger partial charge < -0.3 is 5.32 Å². The quantitative estimate of drug-likeness (QED) is 0.799. The topological polar surface area (TPSA) is 52.9 Å². The minimum Gasteiger partial charge on any atom is -0.353 e. The molecule has 0 aromatic heterocycles. The number of amides is 1. The summed E-state index contributed by atoms with van der Waals surface area (Å²) in [6, 6.07) is 1.77. The van der Waals surface area contributed by atoms with E-state index in [1.807, 2.05) is 6.92 Å². The van der Waals surface area contributed by atoms with E-state index in [2.05, 4.69) is 37.2 Å². The Morgan fingerprint density at radius 2 is 2.27 bits per heavy atom. The summed E-state index contributed by atoms with van der Waals surface area (Å²) in [4.78, 5) is 11.0. The summed E-state index contributed by atoms with van der Waals surface area (Å²) in [5.41, 5.74) is 0. The van der Waals surface area contributed by atoms with E-state index in [-0.39, 0.29) is 5.91 Å². The first-order valence-electron chi connectivity index (χ1n) is 3.12. The van der Waals surface area contributed by atoms with E-state index in [1.54, 1.807) is 6.07 Å². The number of nitrogens with zero attached hydrogens (tertiary/aromatic N) is 1. The molecule has 0 radical (unpaired) electrons. The van der Waals surface area contributed by atoms with Gasteiger partial charge in [0.05, 0.1) is 0 Å². The zero-order chi connectivity index (χ0) is 8.91. The normalized spacial score (nSPS) is 10.4. The minimum absolute atomic E-state index is 0.359. The van der Waals surface area contributed by atoms with Gasteiger partial charge in [0.1, 0.15) is 6.07 Å². The van der Waals surface area contributed by atoms with Crippen LogP contribution in [-0.2, 0) is 4.79 Å². The van der Waals surface area contributed by atoms with Crippen LogP contribution in [-0.4, -0.2) is 15.7 Å². The Morgan fingerprint density at radius 1 is 1.73 bits per heavy atom. The minimum atomic E-state index is -1.27. The fourth-order valence-corrected chi connectivity index (χ4v) is 0.681. The Balaban J connectivity index is 3.95. The molecule has 11 heavy (non-hydrogen) atoms. The van der Waals surface area contributed by atoms with Crippen molar-refractivity contribution in [3.05, 3.63) is 0 Å². The van der Waals surface area contributed by atoms with Gasteiger partial charge in [-0.05, 0) is 38.3 Å². The number of hydrogen-bond donors (Lipinski definition) is 1. The highest BCUT2D eigenvalue weighted by atomic mass is 79.9. The van der Waals surface area contributed by atoms with Gasteiger partial charge in [-0.2, -0.15) is 5.26 Å². The Morgan fingerprint density at radius 3 is 2.64 bits per heavy atom. The van der Waals surface area contributed by atoms with Crippen LogP contribution in [0.1, 0.15) is 13.3 Å². The van der Waals surface area contributed by atoms with E-state index in [1.165, 1.54) is 0 Å². The first-order valence-corrected chi connectivity index (χ1v) is 4.70. The summed E-state index contributed by atoms with van der Waals surface area (Å²) in [6.45, 7) is 2.52. The molecule has 0 rings (SSSR count). The molecule has 0 atom stereocenters. The molecule has 62 valence electrons. The lowest BCUT2D eigenvalue weighted by Crippen LogP contribution is -2.36. The van der Waals surface area contributed by atoms with Crippen LogP contribution in [0.25, 0.3) is 0 Å². The SMILES string of the molecule is CCCNC(=O)C(Br)(Br)C#N. The Hall–Kier alpha value is -0.0800. The van der Waals surface area contributed by atoms with Crippen LogP contribution in [0.4, 0.5) is 0 Å². The van der Waals surface area contributed by atoms with Crippen LogP contribution in [0.15, 0.2) is 0 Å². The molecule has 0 fully saturated rings. The number of alkyl halides is 2. The Labute approximate surface area is 82.4 Å². The molecule has 0 heterocycles. The van der Waals surface area contributed by atoms with Gasteiger partial charge in [-0.1, -0.05) is 6.92 Å². The standard InChI is InChI=1S/C6H8Br2N2O/c1-2-3-10-5(11)6(7,8)4-9/h2-3H2,1H3,(H,10,11). The van der Waals surface area contributed by atoms with Gasteiger partial charge >= 0.3 is 0 Å². The van der Waals surface area contributed by atoms with Crippen molar-refractivity contribution in [1.29, 1.82) is 5.26 Å². The van der Waals surface area contributed by atoms with Gasteiger partial charge in [-0.15, -0.1) is 0 Å². The third kappa shape index (κ3) is 3.73. The number of nitriles is 1. The van der Waals surface area contributed by atoms with E-state index in [9.17, 15) is 4.79 Å². The molecular formula is C6H8Br2N2O. The van der Waals surface area contributed by atoms with Crippen molar-refractivity contribution in [3.8, 4) is 6.07 Å². The van der Waals surface area contributed by atoms with Gasteiger partial charge in [-0.3, -0.25) is 4.79 Å². The van der Waals surface area contributed by atoms with Crippen LogP contribution in [0.3, 0.4) is 0 Å². The predicted molar refractivity (Wildman–Crippen MR) is 49.5 cm³/mol. The molecule has 0 unspecified atom stereocenters. The number of halogens is 2. The zero-order valence-electron chi connectivity index (χ0n) is 6.03. The van der Waals surface area contributed by atoms with Gasteiger partial charge in [0.2, 0.25) is 3.23 Å². The van der Waals surface area contributed by atoms with Crippen LogP contribution >= 0.6 is 31.9 Å². The molecule has 0 aliphatic carbocycles. The summed E-state index contributed by atoms with van der Waals surface area (Å²) < 4.78 is -1.27. The summed E-state index contributed by atoms with van der Waals surface area (Å²) in [5.74, 6) is -0.359. The van der Waals surface area contributed by atoms with Crippen LogP contribution < -0.4 is 5.32 Å². The van der Waals surface area contributed by atoms with E-state index >= 15 is 0 Å². The van der Waals surface area contributed by atoms with E-state index in [4.69, 9.17) is 5.26 Å². The molecular weight excluding hydrogens is 276 g/mol. The van der Waals surface area contributed by atoms with Gasteiger partial charge in [0, 0.05) is 6.54 Å². The first kappa shape index (κ1) is 10.9. The molecule has 0 saturated heterocycles. The van der Waals surface area contributed by atoms with Crippen molar-refractivity contribution < 1.29 is 4.79 Å². The second-order valence-corrected chi connectivity index (χ2v) is 5.39.